The predicted octanol–water partition coefficient (Wildman–Crippen LogP) is 1.94. The SMILES string of the molecule is O=C(CC1C=CC=CC=C1)OCCCN1CCOCC1. The third-order valence-electron chi connectivity index (χ3n) is 3.44. The van der Waals surface area contributed by atoms with Gasteiger partial charge in [0, 0.05) is 25.6 Å². The van der Waals surface area contributed by atoms with Crippen molar-refractivity contribution in [3.05, 3.63) is 36.5 Å². The van der Waals surface area contributed by atoms with Crippen LogP contribution in [0.5, 0.6) is 0 Å². The van der Waals surface area contributed by atoms with Crippen molar-refractivity contribution in [2.45, 2.75) is 12.8 Å². The van der Waals surface area contributed by atoms with Gasteiger partial charge in [0.25, 0.3) is 0 Å². The van der Waals surface area contributed by atoms with Crippen LogP contribution >= 0.6 is 0 Å². The molecule has 0 N–H and O–H groups in total. The summed E-state index contributed by atoms with van der Waals surface area (Å²) in [4.78, 5) is 14.1. The van der Waals surface area contributed by atoms with Crippen molar-refractivity contribution < 1.29 is 14.3 Å². The molecule has 0 radical (unpaired) electrons. The van der Waals surface area contributed by atoms with E-state index in [2.05, 4.69) is 4.90 Å². The Morgan fingerprint density at radius 1 is 1.15 bits per heavy atom. The molecule has 0 bridgehead atoms. The number of ether oxygens (including phenoxy) is 2. The summed E-state index contributed by atoms with van der Waals surface area (Å²) in [5.74, 6) is 0.0323. The number of morpholine rings is 1. The van der Waals surface area contributed by atoms with Gasteiger partial charge in [0.1, 0.15) is 0 Å². The molecule has 0 spiro atoms. The van der Waals surface area contributed by atoms with E-state index in [0.717, 1.165) is 39.3 Å². The van der Waals surface area contributed by atoms with E-state index in [1.54, 1.807) is 0 Å². The second-order valence-electron chi connectivity index (χ2n) is 5.05. The molecule has 0 aromatic carbocycles. The van der Waals surface area contributed by atoms with Gasteiger partial charge in [-0.3, -0.25) is 9.69 Å². The van der Waals surface area contributed by atoms with Gasteiger partial charge in [-0.05, 0) is 6.42 Å². The maximum Gasteiger partial charge on any atom is 0.306 e. The lowest BCUT2D eigenvalue weighted by atomic mass is 10.1. The first-order valence-corrected chi connectivity index (χ1v) is 7.32. The van der Waals surface area contributed by atoms with Crippen molar-refractivity contribution >= 4 is 5.97 Å². The number of esters is 1. The Bertz CT molecular complexity index is 365. The van der Waals surface area contributed by atoms with E-state index in [0.29, 0.717) is 13.0 Å². The molecule has 1 aliphatic carbocycles. The molecule has 0 amide bonds. The molecule has 4 heteroatoms. The Labute approximate surface area is 120 Å². The minimum Gasteiger partial charge on any atom is -0.466 e. The summed E-state index contributed by atoms with van der Waals surface area (Å²) in [6.07, 6.45) is 13.2. The van der Waals surface area contributed by atoms with Gasteiger partial charge in [0.05, 0.1) is 26.2 Å². The molecule has 0 aromatic heterocycles. The van der Waals surface area contributed by atoms with Crippen LogP contribution in [0.1, 0.15) is 12.8 Å². The van der Waals surface area contributed by atoms with Crippen LogP contribution in [0, 0.1) is 5.92 Å². The molecular formula is C16H23NO3. The normalized spacial score (nSPS) is 20.0. The van der Waals surface area contributed by atoms with Crippen LogP contribution in [0.25, 0.3) is 0 Å². The smallest absolute Gasteiger partial charge is 0.306 e. The minimum absolute atomic E-state index is 0.117. The van der Waals surface area contributed by atoms with Crippen LogP contribution in [0.2, 0.25) is 0 Å². The molecular weight excluding hydrogens is 254 g/mol. The van der Waals surface area contributed by atoms with E-state index in [9.17, 15) is 4.79 Å². The van der Waals surface area contributed by atoms with E-state index in [1.165, 1.54) is 0 Å². The second kappa shape index (κ2) is 8.72. The third-order valence-corrected chi connectivity index (χ3v) is 3.44. The molecule has 0 atom stereocenters. The standard InChI is InChI=1S/C16H23NO3/c18-16(14-15-6-3-1-2-4-7-15)20-11-5-8-17-9-12-19-13-10-17/h1-4,6-7,15H,5,8-14H2. The first-order chi connectivity index (χ1) is 9.84. The van der Waals surface area contributed by atoms with Crippen LogP contribution < -0.4 is 0 Å². The Kier molecular flexibility index (Phi) is 6.54. The molecule has 1 aliphatic heterocycles. The summed E-state index contributed by atoms with van der Waals surface area (Å²) in [5, 5.41) is 0. The van der Waals surface area contributed by atoms with Crippen LogP contribution in [0.4, 0.5) is 0 Å². The highest BCUT2D eigenvalue weighted by molar-refractivity contribution is 5.70. The first kappa shape index (κ1) is 15.0. The summed E-state index contributed by atoms with van der Waals surface area (Å²) in [7, 11) is 0. The number of hydrogen-bond donors (Lipinski definition) is 0. The summed E-state index contributed by atoms with van der Waals surface area (Å²) in [5.41, 5.74) is 0. The van der Waals surface area contributed by atoms with Crippen LogP contribution in [-0.4, -0.2) is 50.3 Å². The van der Waals surface area contributed by atoms with Crippen molar-refractivity contribution in [3.8, 4) is 0 Å². The van der Waals surface area contributed by atoms with E-state index < -0.39 is 0 Å². The zero-order valence-electron chi connectivity index (χ0n) is 11.9. The molecule has 4 nitrogen and oxygen atoms in total. The zero-order chi connectivity index (χ0) is 14.0. The highest BCUT2D eigenvalue weighted by atomic mass is 16.5. The molecule has 2 aliphatic rings. The van der Waals surface area contributed by atoms with Gasteiger partial charge in [-0.25, -0.2) is 0 Å². The van der Waals surface area contributed by atoms with E-state index in [4.69, 9.17) is 9.47 Å². The van der Waals surface area contributed by atoms with Crippen molar-refractivity contribution in [2.75, 3.05) is 39.5 Å². The van der Waals surface area contributed by atoms with Gasteiger partial charge in [-0.15, -0.1) is 0 Å². The number of allylic oxidation sites excluding steroid dienone is 6. The van der Waals surface area contributed by atoms with Gasteiger partial charge in [0.15, 0.2) is 0 Å². The summed E-state index contributed by atoms with van der Waals surface area (Å²) >= 11 is 0. The highest BCUT2D eigenvalue weighted by Gasteiger charge is 2.12. The molecule has 2 rings (SSSR count). The molecule has 110 valence electrons. The Balaban J connectivity index is 1.55. The molecule has 0 aromatic rings. The van der Waals surface area contributed by atoms with Gasteiger partial charge >= 0.3 is 5.97 Å². The van der Waals surface area contributed by atoms with Gasteiger partial charge < -0.3 is 9.47 Å². The minimum atomic E-state index is -0.117. The number of nitrogens with zero attached hydrogens (tertiary/aromatic N) is 1. The average molecular weight is 277 g/mol. The molecule has 1 saturated heterocycles. The average Bonchev–Trinajstić information content (AvgIpc) is 2.73. The highest BCUT2D eigenvalue weighted by Crippen LogP contribution is 2.11. The largest absolute Gasteiger partial charge is 0.466 e. The lowest BCUT2D eigenvalue weighted by Gasteiger charge is -2.26. The number of rotatable bonds is 6. The molecule has 1 fully saturated rings. The molecule has 0 saturated carbocycles. The third kappa shape index (κ3) is 5.72. The monoisotopic (exact) mass is 277 g/mol. The number of carbonyl (C=O) groups excluding carboxylic acids is 1. The van der Waals surface area contributed by atoms with Crippen LogP contribution in [-0.2, 0) is 14.3 Å². The van der Waals surface area contributed by atoms with E-state index >= 15 is 0 Å². The van der Waals surface area contributed by atoms with Crippen LogP contribution in [0.15, 0.2) is 36.5 Å². The maximum absolute atomic E-state index is 11.7. The fourth-order valence-electron chi connectivity index (χ4n) is 2.29. The number of carbonyl (C=O) groups is 1. The topological polar surface area (TPSA) is 38.8 Å². The maximum atomic E-state index is 11.7. The quantitative estimate of drug-likeness (QED) is 0.549. The fourth-order valence-corrected chi connectivity index (χ4v) is 2.29. The summed E-state index contributed by atoms with van der Waals surface area (Å²) in [6, 6.07) is 0. The number of hydrogen-bond acceptors (Lipinski definition) is 4. The van der Waals surface area contributed by atoms with E-state index in [1.807, 2.05) is 36.5 Å². The summed E-state index contributed by atoms with van der Waals surface area (Å²) in [6.45, 7) is 5.08. The van der Waals surface area contributed by atoms with Crippen molar-refractivity contribution in [1.82, 2.24) is 4.90 Å². The lowest BCUT2D eigenvalue weighted by Crippen LogP contribution is -2.37. The molecule has 1 heterocycles. The van der Waals surface area contributed by atoms with Gasteiger partial charge in [0.2, 0.25) is 0 Å². The van der Waals surface area contributed by atoms with Crippen LogP contribution in [0.3, 0.4) is 0 Å². The second-order valence-corrected chi connectivity index (χ2v) is 5.05. The fraction of sp³-hybridized carbons (Fsp3) is 0.562. The summed E-state index contributed by atoms with van der Waals surface area (Å²) < 4.78 is 10.6. The first-order valence-electron chi connectivity index (χ1n) is 7.32. The predicted molar refractivity (Wildman–Crippen MR) is 78.4 cm³/mol. The lowest BCUT2D eigenvalue weighted by molar-refractivity contribution is -0.144. The van der Waals surface area contributed by atoms with Crippen molar-refractivity contribution in [3.63, 3.8) is 0 Å². The van der Waals surface area contributed by atoms with E-state index in [-0.39, 0.29) is 11.9 Å². The zero-order valence-corrected chi connectivity index (χ0v) is 11.9. The van der Waals surface area contributed by atoms with Crippen molar-refractivity contribution in [1.29, 1.82) is 0 Å². The van der Waals surface area contributed by atoms with Crippen molar-refractivity contribution in [2.24, 2.45) is 5.92 Å². The Hall–Kier alpha value is -1.39. The van der Waals surface area contributed by atoms with Gasteiger partial charge in [-0.1, -0.05) is 36.5 Å². The molecule has 0 unspecified atom stereocenters. The molecule has 20 heavy (non-hydrogen) atoms. The Morgan fingerprint density at radius 2 is 1.85 bits per heavy atom. The van der Waals surface area contributed by atoms with Gasteiger partial charge in [-0.2, -0.15) is 0 Å². The Morgan fingerprint density at radius 3 is 2.55 bits per heavy atom.